The fourth-order valence-corrected chi connectivity index (χ4v) is 2.55. The molecule has 19 heavy (non-hydrogen) atoms. The van der Waals surface area contributed by atoms with Crippen molar-refractivity contribution in [3.05, 3.63) is 11.9 Å². The summed E-state index contributed by atoms with van der Waals surface area (Å²) in [7, 11) is 0. The van der Waals surface area contributed by atoms with E-state index < -0.39 is 0 Å². The fourth-order valence-electron chi connectivity index (χ4n) is 2.55. The van der Waals surface area contributed by atoms with Crippen LogP contribution in [0, 0.1) is 11.3 Å². The van der Waals surface area contributed by atoms with Crippen molar-refractivity contribution >= 4 is 11.6 Å². The number of nitrogen functional groups attached to an aromatic ring is 1. The molecule has 1 aromatic heterocycles. The van der Waals surface area contributed by atoms with Crippen LogP contribution in [0.15, 0.2) is 6.33 Å². The normalized spacial score (nSPS) is 16.5. The Balaban J connectivity index is 2.11. The number of nitrogens with zero attached hydrogens (tertiary/aromatic N) is 2. The molecule has 0 aromatic carbocycles. The van der Waals surface area contributed by atoms with Gasteiger partial charge < -0.3 is 10.7 Å². The van der Waals surface area contributed by atoms with Gasteiger partial charge in [-0.1, -0.05) is 27.2 Å². The van der Waals surface area contributed by atoms with Crippen LogP contribution in [0.5, 0.6) is 0 Å². The molecule has 0 unspecified atom stereocenters. The molecule has 5 heteroatoms. The minimum absolute atomic E-state index is 0.463. The number of nitrogens with two attached hydrogens (primary N) is 1. The number of hydrazine groups is 1. The summed E-state index contributed by atoms with van der Waals surface area (Å²) in [5.74, 6) is 7.89. The molecule has 1 aromatic rings. The Morgan fingerprint density at radius 1 is 1.32 bits per heavy atom. The van der Waals surface area contributed by atoms with Crippen molar-refractivity contribution in [1.29, 1.82) is 0 Å². The summed E-state index contributed by atoms with van der Waals surface area (Å²) < 4.78 is 0. The fraction of sp³-hybridized carbons (Fsp3) is 0.714. The van der Waals surface area contributed by atoms with Crippen LogP contribution in [0.1, 0.15) is 45.6 Å². The third-order valence-electron chi connectivity index (χ3n) is 4.31. The summed E-state index contributed by atoms with van der Waals surface area (Å²) in [6.45, 7) is 7.74. The summed E-state index contributed by atoms with van der Waals surface area (Å²) in [5.41, 5.74) is 4.22. The van der Waals surface area contributed by atoms with E-state index in [4.69, 9.17) is 5.84 Å². The lowest BCUT2D eigenvalue weighted by molar-refractivity contribution is 0.379. The quantitative estimate of drug-likeness (QED) is 0.520. The van der Waals surface area contributed by atoms with Crippen LogP contribution in [-0.2, 0) is 6.42 Å². The number of aromatic nitrogens is 2. The average Bonchev–Trinajstić information content (AvgIpc) is 3.19. The molecular weight excluding hydrogens is 238 g/mol. The van der Waals surface area contributed by atoms with Crippen molar-refractivity contribution in [3.63, 3.8) is 0 Å². The lowest BCUT2D eigenvalue weighted by Gasteiger charge is -2.21. The standard InChI is InChI=1S/C14H25N5/c1-4-5-11-12(17-9-18-13(11)19-15)16-8-14(6-7-14)10(2)3/h9-10H,4-8,15H2,1-3H3,(H2,16,17,18,19). The van der Waals surface area contributed by atoms with Gasteiger partial charge in [-0.25, -0.2) is 15.8 Å². The number of hydrogen-bond acceptors (Lipinski definition) is 5. The Labute approximate surface area is 115 Å². The number of hydrogen-bond donors (Lipinski definition) is 3. The zero-order chi connectivity index (χ0) is 13.9. The molecule has 106 valence electrons. The molecule has 4 N–H and O–H groups in total. The third-order valence-corrected chi connectivity index (χ3v) is 4.31. The van der Waals surface area contributed by atoms with Gasteiger partial charge in [0.05, 0.1) is 0 Å². The van der Waals surface area contributed by atoms with Gasteiger partial charge in [0.1, 0.15) is 18.0 Å². The van der Waals surface area contributed by atoms with Crippen molar-refractivity contribution in [3.8, 4) is 0 Å². The molecule has 1 aliphatic rings. The van der Waals surface area contributed by atoms with E-state index in [1.54, 1.807) is 6.33 Å². The van der Waals surface area contributed by atoms with E-state index in [0.717, 1.165) is 36.6 Å². The Bertz CT molecular complexity index is 426. The molecule has 0 aliphatic heterocycles. The monoisotopic (exact) mass is 263 g/mol. The Morgan fingerprint density at radius 3 is 2.53 bits per heavy atom. The smallest absolute Gasteiger partial charge is 0.148 e. The lowest BCUT2D eigenvalue weighted by Crippen LogP contribution is -2.22. The summed E-state index contributed by atoms with van der Waals surface area (Å²) in [4.78, 5) is 8.56. The van der Waals surface area contributed by atoms with Gasteiger partial charge in [0, 0.05) is 12.1 Å². The first-order valence-electron chi connectivity index (χ1n) is 7.17. The van der Waals surface area contributed by atoms with Crippen LogP contribution in [0.3, 0.4) is 0 Å². The molecule has 1 fully saturated rings. The molecule has 1 saturated carbocycles. The van der Waals surface area contributed by atoms with Crippen molar-refractivity contribution in [2.24, 2.45) is 17.2 Å². The molecule has 1 aliphatic carbocycles. The van der Waals surface area contributed by atoms with Crippen molar-refractivity contribution in [2.45, 2.75) is 46.5 Å². The van der Waals surface area contributed by atoms with Crippen LogP contribution in [0.2, 0.25) is 0 Å². The highest BCUT2D eigenvalue weighted by atomic mass is 15.3. The van der Waals surface area contributed by atoms with E-state index in [2.05, 4.69) is 41.5 Å². The molecular formula is C14H25N5. The first-order valence-corrected chi connectivity index (χ1v) is 7.17. The molecule has 2 rings (SSSR count). The van der Waals surface area contributed by atoms with Gasteiger partial charge in [0.25, 0.3) is 0 Å². The Hall–Kier alpha value is -1.36. The van der Waals surface area contributed by atoms with E-state index in [9.17, 15) is 0 Å². The number of rotatable bonds is 7. The maximum atomic E-state index is 5.52. The summed E-state index contributed by atoms with van der Waals surface area (Å²) in [6, 6.07) is 0. The minimum Gasteiger partial charge on any atom is -0.369 e. The highest BCUT2D eigenvalue weighted by Gasteiger charge is 2.45. The van der Waals surface area contributed by atoms with Gasteiger partial charge in [0.2, 0.25) is 0 Å². The molecule has 0 saturated heterocycles. The molecule has 1 heterocycles. The lowest BCUT2D eigenvalue weighted by atomic mass is 9.92. The summed E-state index contributed by atoms with van der Waals surface area (Å²) >= 11 is 0. The molecule has 5 nitrogen and oxygen atoms in total. The second-order valence-electron chi connectivity index (χ2n) is 5.81. The van der Waals surface area contributed by atoms with Crippen molar-refractivity contribution in [2.75, 3.05) is 17.3 Å². The Kier molecular flexibility index (Phi) is 4.24. The van der Waals surface area contributed by atoms with E-state index in [1.165, 1.54) is 12.8 Å². The van der Waals surface area contributed by atoms with Crippen LogP contribution in [0.25, 0.3) is 0 Å². The highest BCUT2D eigenvalue weighted by molar-refractivity contribution is 5.57. The largest absolute Gasteiger partial charge is 0.369 e. The highest BCUT2D eigenvalue weighted by Crippen LogP contribution is 2.51. The maximum absolute atomic E-state index is 5.52. The molecule has 0 atom stereocenters. The van der Waals surface area contributed by atoms with Crippen LogP contribution >= 0.6 is 0 Å². The summed E-state index contributed by atoms with van der Waals surface area (Å²) in [5, 5.41) is 3.51. The predicted molar refractivity (Wildman–Crippen MR) is 78.8 cm³/mol. The summed E-state index contributed by atoms with van der Waals surface area (Å²) in [6.07, 6.45) is 6.16. The molecule has 0 spiro atoms. The van der Waals surface area contributed by atoms with Gasteiger partial charge in [-0.05, 0) is 30.6 Å². The van der Waals surface area contributed by atoms with Gasteiger partial charge in [-0.15, -0.1) is 0 Å². The molecule has 0 amide bonds. The van der Waals surface area contributed by atoms with E-state index in [-0.39, 0.29) is 0 Å². The van der Waals surface area contributed by atoms with Crippen LogP contribution in [0.4, 0.5) is 11.6 Å². The zero-order valence-electron chi connectivity index (χ0n) is 12.2. The van der Waals surface area contributed by atoms with Gasteiger partial charge >= 0.3 is 0 Å². The Morgan fingerprint density at radius 2 is 2.00 bits per heavy atom. The van der Waals surface area contributed by atoms with Crippen LogP contribution < -0.4 is 16.6 Å². The van der Waals surface area contributed by atoms with E-state index in [0.29, 0.717) is 11.3 Å². The topological polar surface area (TPSA) is 75.9 Å². The van der Waals surface area contributed by atoms with E-state index >= 15 is 0 Å². The van der Waals surface area contributed by atoms with Crippen molar-refractivity contribution < 1.29 is 0 Å². The second kappa shape index (κ2) is 5.74. The predicted octanol–water partition coefficient (Wildman–Crippen LogP) is 2.56. The number of nitrogens with one attached hydrogen (secondary N) is 2. The van der Waals surface area contributed by atoms with Gasteiger partial charge in [-0.2, -0.15) is 0 Å². The molecule has 0 radical (unpaired) electrons. The number of anilines is 2. The van der Waals surface area contributed by atoms with Gasteiger partial charge in [0.15, 0.2) is 0 Å². The maximum Gasteiger partial charge on any atom is 0.148 e. The first kappa shape index (κ1) is 14.1. The first-order chi connectivity index (χ1) is 9.13. The van der Waals surface area contributed by atoms with Gasteiger partial charge in [-0.3, -0.25) is 0 Å². The average molecular weight is 263 g/mol. The minimum atomic E-state index is 0.463. The second-order valence-corrected chi connectivity index (χ2v) is 5.81. The van der Waals surface area contributed by atoms with Crippen LogP contribution in [-0.4, -0.2) is 16.5 Å². The SMILES string of the molecule is CCCc1c(NN)ncnc1NCC1(C(C)C)CC1. The van der Waals surface area contributed by atoms with Crippen molar-refractivity contribution in [1.82, 2.24) is 9.97 Å². The van der Waals surface area contributed by atoms with E-state index in [1.807, 2.05) is 0 Å². The molecule has 0 bridgehead atoms. The third kappa shape index (κ3) is 2.97. The zero-order valence-corrected chi connectivity index (χ0v) is 12.2.